The Hall–Kier alpha value is -0.460. The van der Waals surface area contributed by atoms with Crippen molar-refractivity contribution in [3.8, 4) is 0 Å². The summed E-state index contributed by atoms with van der Waals surface area (Å²) in [6.45, 7) is 1.66. The first-order chi connectivity index (χ1) is 7.72. The molecule has 0 heterocycles. The van der Waals surface area contributed by atoms with Gasteiger partial charge < -0.3 is 5.11 Å². The van der Waals surface area contributed by atoms with Crippen LogP contribution in [0.3, 0.4) is 0 Å². The number of aliphatic hydroxyl groups excluding tert-OH is 1. The van der Waals surface area contributed by atoms with Crippen molar-refractivity contribution in [1.29, 1.82) is 0 Å². The van der Waals surface area contributed by atoms with Crippen LogP contribution in [-0.4, -0.2) is 23.4 Å². The second-order valence-electron chi connectivity index (χ2n) is 3.87. The third-order valence-electron chi connectivity index (χ3n) is 2.69. The Morgan fingerprint density at radius 2 is 1.88 bits per heavy atom. The lowest BCUT2D eigenvalue weighted by Crippen LogP contribution is -2.37. The summed E-state index contributed by atoms with van der Waals surface area (Å²) < 4.78 is 34.7. The SMILES string of the molecule is CC[C@@](Br)([C@@H](O)c1ccc(F)cc1)S(C)(=O)=O. The zero-order valence-electron chi connectivity index (χ0n) is 9.52. The quantitative estimate of drug-likeness (QED) is 0.865. The third-order valence-corrected chi connectivity index (χ3v) is 7.20. The van der Waals surface area contributed by atoms with E-state index in [0.29, 0.717) is 5.56 Å². The van der Waals surface area contributed by atoms with Crippen LogP contribution >= 0.6 is 15.9 Å². The normalized spacial score (nSPS) is 17.5. The van der Waals surface area contributed by atoms with Gasteiger partial charge in [0.15, 0.2) is 13.5 Å². The van der Waals surface area contributed by atoms with Crippen molar-refractivity contribution < 1.29 is 17.9 Å². The van der Waals surface area contributed by atoms with Crippen LogP contribution in [0, 0.1) is 5.82 Å². The number of rotatable bonds is 4. The highest BCUT2D eigenvalue weighted by atomic mass is 79.9. The maximum atomic E-state index is 12.8. The Morgan fingerprint density at radius 1 is 1.41 bits per heavy atom. The van der Waals surface area contributed by atoms with Gasteiger partial charge in [0.05, 0.1) is 0 Å². The Labute approximate surface area is 109 Å². The van der Waals surface area contributed by atoms with Gasteiger partial charge in [-0.15, -0.1) is 0 Å². The van der Waals surface area contributed by atoms with E-state index in [-0.39, 0.29) is 6.42 Å². The largest absolute Gasteiger partial charge is 0.386 e. The summed E-state index contributed by atoms with van der Waals surface area (Å²) in [4.78, 5) is 0. The summed E-state index contributed by atoms with van der Waals surface area (Å²) in [5.41, 5.74) is 0.357. The molecule has 0 saturated heterocycles. The van der Waals surface area contributed by atoms with Crippen molar-refractivity contribution in [1.82, 2.24) is 0 Å². The van der Waals surface area contributed by atoms with Gasteiger partial charge in [0, 0.05) is 6.26 Å². The van der Waals surface area contributed by atoms with E-state index in [9.17, 15) is 17.9 Å². The molecule has 2 atom stereocenters. The highest BCUT2D eigenvalue weighted by Crippen LogP contribution is 2.41. The molecule has 17 heavy (non-hydrogen) atoms. The zero-order valence-corrected chi connectivity index (χ0v) is 11.9. The fourth-order valence-electron chi connectivity index (χ4n) is 1.55. The molecule has 1 aromatic carbocycles. The molecule has 0 saturated carbocycles. The number of alkyl halides is 1. The highest BCUT2D eigenvalue weighted by molar-refractivity contribution is 9.11. The van der Waals surface area contributed by atoms with Gasteiger partial charge in [-0.2, -0.15) is 0 Å². The molecule has 6 heteroatoms. The number of hydrogen-bond acceptors (Lipinski definition) is 3. The van der Waals surface area contributed by atoms with Crippen molar-refractivity contribution >= 4 is 25.8 Å². The summed E-state index contributed by atoms with van der Waals surface area (Å²) in [7, 11) is -3.50. The van der Waals surface area contributed by atoms with Crippen LogP contribution in [0.25, 0.3) is 0 Å². The molecule has 3 nitrogen and oxygen atoms in total. The van der Waals surface area contributed by atoms with Gasteiger partial charge in [-0.25, -0.2) is 12.8 Å². The summed E-state index contributed by atoms with van der Waals surface area (Å²) in [6.07, 6.45) is 0.00522. The van der Waals surface area contributed by atoms with Crippen LogP contribution in [-0.2, 0) is 9.84 Å². The fraction of sp³-hybridized carbons (Fsp3) is 0.455. The first-order valence-electron chi connectivity index (χ1n) is 5.04. The van der Waals surface area contributed by atoms with E-state index in [2.05, 4.69) is 15.9 Å². The molecule has 0 aliphatic rings. The second-order valence-corrected chi connectivity index (χ2v) is 8.08. The van der Waals surface area contributed by atoms with Crippen LogP contribution in [0.1, 0.15) is 25.0 Å². The van der Waals surface area contributed by atoms with Crippen LogP contribution in [0.2, 0.25) is 0 Å². The van der Waals surface area contributed by atoms with E-state index in [1.54, 1.807) is 6.92 Å². The molecule has 0 aliphatic carbocycles. The van der Waals surface area contributed by atoms with Gasteiger partial charge in [0.25, 0.3) is 0 Å². The van der Waals surface area contributed by atoms with Gasteiger partial charge in [-0.3, -0.25) is 0 Å². The van der Waals surface area contributed by atoms with Gasteiger partial charge in [-0.1, -0.05) is 35.0 Å². The molecule has 0 fully saturated rings. The molecule has 0 spiro atoms. The van der Waals surface area contributed by atoms with E-state index in [0.717, 1.165) is 6.26 Å². The maximum Gasteiger partial charge on any atom is 0.166 e. The molecule has 1 N–H and O–H groups in total. The van der Waals surface area contributed by atoms with Crippen molar-refractivity contribution in [2.45, 2.75) is 23.1 Å². The summed E-state index contributed by atoms with van der Waals surface area (Å²) >= 11 is 3.09. The summed E-state index contributed by atoms with van der Waals surface area (Å²) in [5, 5.41) is 10.1. The minimum absolute atomic E-state index is 0.199. The van der Waals surface area contributed by atoms with E-state index >= 15 is 0 Å². The van der Waals surface area contributed by atoms with Crippen LogP contribution in [0.15, 0.2) is 24.3 Å². The fourth-order valence-corrected chi connectivity index (χ4v) is 2.88. The predicted octanol–water partition coefficient (Wildman–Crippen LogP) is 2.40. The Balaban J connectivity index is 3.19. The van der Waals surface area contributed by atoms with E-state index in [1.165, 1.54) is 24.3 Å². The predicted molar refractivity (Wildman–Crippen MR) is 68.2 cm³/mol. The summed E-state index contributed by atoms with van der Waals surface area (Å²) in [5.74, 6) is -0.433. The van der Waals surface area contributed by atoms with Crippen molar-refractivity contribution in [2.24, 2.45) is 0 Å². The molecule has 1 aromatic rings. The number of sulfone groups is 1. The average molecular weight is 325 g/mol. The van der Waals surface area contributed by atoms with Crippen LogP contribution in [0.4, 0.5) is 4.39 Å². The van der Waals surface area contributed by atoms with Crippen molar-refractivity contribution in [3.05, 3.63) is 35.6 Å². The standard InChI is InChI=1S/C11H14BrFO3S/c1-3-11(12,17(2,15)16)10(14)8-4-6-9(13)7-5-8/h4-7,10,14H,3H2,1-2H3/t10-,11-/m0/s1. The maximum absolute atomic E-state index is 12.8. The Kier molecular flexibility index (Phi) is 4.33. The Bertz CT molecular complexity index is 486. The number of benzene rings is 1. The number of halogens is 2. The van der Waals surface area contributed by atoms with Crippen LogP contribution in [0.5, 0.6) is 0 Å². The van der Waals surface area contributed by atoms with Gasteiger partial charge in [-0.05, 0) is 24.1 Å². The topological polar surface area (TPSA) is 54.4 Å². The average Bonchev–Trinajstić information content (AvgIpc) is 2.26. The molecule has 0 aromatic heterocycles. The minimum atomic E-state index is -3.50. The minimum Gasteiger partial charge on any atom is -0.386 e. The molecule has 0 unspecified atom stereocenters. The third kappa shape index (κ3) is 2.86. The van der Waals surface area contributed by atoms with Crippen LogP contribution < -0.4 is 0 Å². The van der Waals surface area contributed by atoms with E-state index in [1.807, 2.05) is 0 Å². The second kappa shape index (κ2) is 5.04. The van der Waals surface area contributed by atoms with Gasteiger partial charge in [0.1, 0.15) is 11.9 Å². The molecule has 1 rings (SSSR count). The lowest BCUT2D eigenvalue weighted by molar-refractivity contribution is 0.160. The highest BCUT2D eigenvalue weighted by Gasteiger charge is 2.44. The first kappa shape index (κ1) is 14.6. The van der Waals surface area contributed by atoms with Gasteiger partial charge >= 0.3 is 0 Å². The molecular weight excluding hydrogens is 311 g/mol. The molecular formula is C11H14BrFO3S. The lowest BCUT2D eigenvalue weighted by atomic mass is 10.0. The molecule has 0 bridgehead atoms. The van der Waals surface area contributed by atoms with E-state index < -0.39 is 25.4 Å². The van der Waals surface area contributed by atoms with Gasteiger partial charge in [0.2, 0.25) is 0 Å². The first-order valence-corrected chi connectivity index (χ1v) is 7.73. The monoisotopic (exact) mass is 324 g/mol. The molecule has 0 amide bonds. The lowest BCUT2D eigenvalue weighted by Gasteiger charge is -2.29. The molecule has 0 aliphatic heterocycles. The van der Waals surface area contributed by atoms with Crippen molar-refractivity contribution in [3.63, 3.8) is 0 Å². The molecule has 96 valence electrons. The van der Waals surface area contributed by atoms with Crippen molar-refractivity contribution in [2.75, 3.05) is 6.26 Å². The summed E-state index contributed by atoms with van der Waals surface area (Å²) in [6, 6.07) is 5.11. The number of hydrogen-bond donors (Lipinski definition) is 1. The Morgan fingerprint density at radius 3 is 2.24 bits per heavy atom. The van der Waals surface area contributed by atoms with E-state index in [4.69, 9.17) is 0 Å². The molecule has 0 radical (unpaired) electrons. The number of aliphatic hydroxyl groups is 1. The smallest absolute Gasteiger partial charge is 0.166 e. The zero-order chi connectivity index (χ0) is 13.3.